The molecule has 0 aliphatic carbocycles. The van der Waals surface area contributed by atoms with Crippen LogP contribution in [0, 0.1) is 0 Å². The van der Waals surface area contributed by atoms with Gasteiger partial charge in [0.25, 0.3) is 0 Å². The van der Waals surface area contributed by atoms with E-state index in [0.29, 0.717) is 12.3 Å². The largest absolute Gasteiger partial charge is 0.497 e. The van der Waals surface area contributed by atoms with Crippen LogP contribution in [0.2, 0.25) is 0 Å². The summed E-state index contributed by atoms with van der Waals surface area (Å²) in [5, 5.41) is 6.73. The maximum atomic E-state index is 5.57. The van der Waals surface area contributed by atoms with E-state index in [9.17, 15) is 0 Å². The number of ether oxygens (including phenoxy) is 4. The summed E-state index contributed by atoms with van der Waals surface area (Å²) >= 11 is 1.51. The minimum Gasteiger partial charge on any atom is -0.497 e. The SMILES string of the molecule is CCN=c1scc(-c2cc(OC)ccc2OC)n1N=Cc1cc(OC)ccc1OC. The zero-order chi connectivity index (χ0) is 21.5. The highest BCUT2D eigenvalue weighted by molar-refractivity contribution is 7.07. The minimum absolute atomic E-state index is 0.646. The number of hydrogen-bond donors (Lipinski definition) is 0. The van der Waals surface area contributed by atoms with Gasteiger partial charge in [0.15, 0.2) is 0 Å². The van der Waals surface area contributed by atoms with Gasteiger partial charge in [0, 0.05) is 23.1 Å². The van der Waals surface area contributed by atoms with Gasteiger partial charge in [0.2, 0.25) is 4.80 Å². The third-order valence-corrected chi connectivity index (χ3v) is 5.26. The standard InChI is InChI=1S/C22H25N3O4S/c1-6-23-22-25(24-13-15-11-16(26-2)7-9-20(15)28-4)19(14-30-22)18-12-17(27-3)8-10-21(18)29-5/h7-14H,6H2,1-5H3. The van der Waals surface area contributed by atoms with Crippen LogP contribution in [-0.4, -0.2) is 45.9 Å². The van der Waals surface area contributed by atoms with Crippen molar-refractivity contribution < 1.29 is 18.9 Å². The van der Waals surface area contributed by atoms with E-state index in [1.165, 1.54) is 11.3 Å². The van der Waals surface area contributed by atoms with Gasteiger partial charge in [-0.2, -0.15) is 5.10 Å². The third kappa shape index (κ3) is 4.49. The van der Waals surface area contributed by atoms with Crippen molar-refractivity contribution in [2.45, 2.75) is 6.92 Å². The number of nitrogens with zero attached hydrogens (tertiary/aromatic N) is 3. The summed E-state index contributed by atoms with van der Waals surface area (Å²) in [5.41, 5.74) is 2.50. The van der Waals surface area contributed by atoms with Crippen molar-refractivity contribution in [2.75, 3.05) is 35.0 Å². The predicted octanol–water partition coefficient (Wildman–Crippen LogP) is 4.05. The first-order valence-electron chi connectivity index (χ1n) is 9.35. The van der Waals surface area contributed by atoms with E-state index < -0.39 is 0 Å². The van der Waals surface area contributed by atoms with E-state index in [2.05, 4.69) is 4.99 Å². The lowest BCUT2D eigenvalue weighted by molar-refractivity contribution is 0.402. The highest BCUT2D eigenvalue weighted by Crippen LogP contribution is 2.33. The normalized spacial score (nSPS) is 11.7. The van der Waals surface area contributed by atoms with E-state index in [4.69, 9.17) is 24.0 Å². The van der Waals surface area contributed by atoms with Crippen LogP contribution in [0.25, 0.3) is 11.3 Å². The predicted molar refractivity (Wildman–Crippen MR) is 119 cm³/mol. The molecule has 8 heteroatoms. The summed E-state index contributed by atoms with van der Waals surface area (Å²) in [7, 11) is 6.53. The van der Waals surface area contributed by atoms with E-state index in [1.54, 1.807) is 39.3 Å². The molecule has 0 spiro atoms. The number of aromatic nitrogens is 1. The Morgan fingerprint density at radius 2 is 1.57 bits per heavy atom. The van der Waals surface area contributed by atoms with Crippen molar-refractivity contribution >= 4 is 17.6 Å². The molecule has 3 aromatic rings. The van der Waals surface area contributed by atoms with Crippen molar-refractivity contribution in [2.24, 2.45) is 10.1 Å². The van der Waals surface area contributed by atoms with Crippen molar-refractivity contribution in [1.29, 1.82) is 0 Å². The smallest absolute Gasteiger partial charge is 0.206 e. The van der Waals surface area contributed by atoms with Gasteiger partial charge in [-0.05, 0) is 43.3 Å². The Morgan fingerprint density at radius 1 is 0.900 bits per heavy atom. The molecule has 1 aromatic heterocycles. The summed E-state index contributed by atoms with van der Waals surface area (Å²) in [4.78, 5) is 5.35. The van der Waals surface area contributed by atoms with Gasteiger partial charge in [0.1, 0.15) is 23.0 Å². The molecule has 0 bridgehead atoms. The molecule has 2 aromatic carbocycles. The van der Waals surface area contributed by atoms with Crippen LogP contribution in [0.5, 0.6) is 23.0 Å². The molecule has 0 saturated heterocycles. The monoisotopic (exact) mass is 427 g/mol. The third-order valence-electron chi connectivity index (χ3n) is 4.41. The molecule has 1 heterocycles. The summed E-state index contributed by atoms with van der Waals surface area (Å²) < 4.78 is 23.6. The molecule has 158 valence electrons. The molecular weight excluding hydrogens is 402 g/mol. The zero-order valence-corrected chi connectivity index (χ0v) is 18.5. The van der Waals surface area contributed by atoms with E-state index >= 15 is 0 Å². The fourth-order valence-electron chi connectivity index (χ4n) is 2.91. The maximum Gasteiger partial charge on any atom is 0.206 e. The lowest BCUT2D eigenvalue weighted by Crippen LogP contribution is -2.12. The number of benzene rings is 2. The first kappa shape index (κ1) is 21.4. The summed E-state index contributed by atoms with van der Waals surface area (Å²) in [5.74, 6) is 2.88. The lowest BCUT2D eigenvalue weighted by Gasteiger charge is -2.11. The quantitative estimate of drug-likeness (QED) is 0.509. The van der Waals surface area contributed by atoms with Gasteiger partial charge in [-0.25, -0.2) is 4.68 Å². The van der Waals surface area contributed by atoms with Crippen LogP contribution >= 0.6 is 11.3 Å². The number of hydrogen-bond acceptors (Lipinski definition) is 7. The Balaban J connectivity index is 2.16. The second-order valence-electron chi connectivity index (χ2n) is 6.11. The molecule has 0 radical (unpaired) electrons. The Bertz CT molecular complexity index is 1100. The second-order valence-corrected chi connectivity index (χ2v) is 6.94. The van der Waals surface area contributed by atoms with Crippen LogP contribution in [0.15, 0.2) is 51.9 Å². The molecule has 30 heavy (non-hydrogen) atoms. The Kier molecular flexibility index (Phi) is 7.13. The molecule has 0 amide bonds. The molecule has 0 unspecified atom stereocenters. The number of rotatable bonds is 8. The van der Waals surface area contributed by atoms with Gasteiger partial charge in [0.05, 0.1) is 40.3 Å². The van der Waals surface area contributed by atoms with Crippen LogP contribution < -0.4 is 23.7 Å². The van der Waals surface area contributed by atoms with Gasteiger partial charge < -0.3 is 18.9 Å². The minimum atomic E-state index is 0.646. The van der Waals surface area contributed by atoms with Crippen LogP contribution in [-0.2, 0) is 0 Å². The van der Waals surface area contributed by atoms with Crippen molar-refractivity contribution in [3.05, 3.63) is 52.1 Å². The van der Waals surface area contributed by atoms with Crippen molar-refractivity contribution in [3.63, 3.8) is 0 Å². The average Bonchev–Trinajstić information content (AvgIpc) is 3.19. The van der Waals surface area contributed by atoms with E-state index in [0.717, 1.165) is 38.9 Å². The fourth-order valence-corrected chi connectivity index (χ4v) is 3.81. The molecule has 0 atom stereocenters. The van der Waals surface area contributed by atoms with Crippen LogP contribution in [0.1, 0.15) is 12.5 Å². The van der Waals surface area contributed by atoms with Crippen LogP contribution in [0.4, 0.5) is 0 Å². The summed E-state index contributed by atoms with van der Waals surface area (Å²) in [6.45, 7) is 2.64. The molecular formula is C22H25N3O4S. The average molecular weight is 428 g/mol. The molecule has 0 aliphatic rings. The topological polar surface area (TPSA) is 66.6 Å². The molecule has 0 N–H and O–H groups in total. The Morgan fingerprint density at radius 3 is 2.20 bits per heavy atom. The molecule has 7 nitrogen and oxygen atoms in total. The molecule has 3 rings (SSSR count). The van der Waals surface area contributed by atoms with Gasteiger partial charge in [-0.1, -0.05) is 0 Å². The van der Waals surface area contributed by atoms with E-state index in [-0.39, 0.29) is 0 Å². The molecule has 0 saturated carbocycles. The van der Waals surface area contributed by atoms with Crippen molar-refractivity contribution in [1.82, 2.24) is 4.68 Å². The summed E-state index contributed by atoms with van der Waals surface area (Å²) in [6, 6.07) is 11.2. The fraction of sp³-hybridized carbons (Fsp3) is 0.273. The van der Waals surface area contributed by atoms with Gasteiger partial charge in [-0.15, -0.1) is 11.3 Å². The number of thiazole rings is 1. The van der Waals surface area contributed by atoms with Crippen LogP contribution in [0.3, 0.4) is 0 Å². The molecule has 0 aliphatic heterocycles. The first-order valence-corrected chi connectivity index (χ1v) is 10.2. The molecule has 0 fully saturated rings. The lowest BCUT2D eigenvalue weighted by atomic mass is 10.1. The van der Waals surface area contributed by atoms with Crippen molar-refractivity contribution in [3.8, 4) is 34.3 Å². The number of methoxy groups -OCH3 is 4. The summed E-state index contributed by atoms with van der Waals surface area (Å²) in [6.07, 6.45) is 1.74. The van der Waals surface area contributed by atoms with E-state index in [1.807, 2.05) is 48.7 Å². The van der Waals surface area contributed by atoms with Gasteiger partial charge in [-0.3, -0.25) is 4.99 Å². The zero-order valence-electron chi connectivity index (χ0n) is 17.7. The highest BCUT2D eigenvalue weighted by Gasteiger charge is 2.14. The maximum absolute atomic E-state index is 5.57. The Hall–Kier alpha value is -3.26. The van der Waals surface area contributed by atoms with Gasteiger partial charge >= 0.3 is 0 Å². The highest BCUT2D eigenvalue weighted by atomic mass is 32.1. The Labute approximate surface area is 179 Å². The second kappa shape index (κ2) is 9.98. The first-order chi connectivity index (χ1) is 14.6.